The van der Waals surface area contributed by atoms with Crippen LogP contribution in [0, 0.1) is 0 Å². The highest BCUT2D eigenvalue weighted by Gasteiger charge is 2.24. The van der Waals surface area contributed by atoms with Crippen molar-refractivity contribution in [2.75, 3.05) is 13.1 Å². The number of likely N-dealkylation sites (N-methyl/N-ethyl adjacent to an activating group) is 1. The van der Waals surface area contributed by atoms with Crippen molar-refractivity contribution in [3.63, 3.8) is 0 Å². The topological polar surface area (TPSA) is 37.4 Å². The maximum absolute atomic E-state index is 11.7. The first-order valence-corrected chi connectivity index (χ1v) is 4.73. The fourth-order valence-electron chi connectivity index (χ4n) is 1.48. The number of Topliss-reactive ketones (excluding diaryl/α,β-unsaturated/α-hetero) is 1. The van der Waals surface area contributed by atoms with E-state index in [4.69, 9.17) is 0 Å². The SMILES string of the molecule is CCN(CC)C(=O)C1=CCCC1=O. The van der Waals surface area contributed by atoms with E-state index in [1.807, 2.05) is 13.8 Å². The van der Waals surface area contributed by atoms with Crippen LogP contribution in [-0.2, 0) is 9.59 Å². The Labute approximate surface area is 78.4 Å². The number of carbonyl (C=O) groups excluding carboxylic acids is 2. The summed E-state index contributed by atoms with van der Waals surface area (Å²) in [5, 5.41) is 0. The number of amides is 1. The van der Waals surface area contributed by atoms with Gasteiger partial charge >= 0.3 is 0 Å². The van der Waals surface area contributed by atoms with Crippen molar-refractivity contribution in [3.05, 3.63) is 11.6 Å². The summed E-state index contributed by atoms with van der Waals surface area (Å²) in [5.74, 6) is -0.107. The summed E-state index contributed by atoms with van der Waals surface area (Å²) in [6, 6.07) is 0. The standard InChI is InChI=1S/C10H15NO2/c1-3-11(4-2)10(13)8-6-5-7-9(8)12/h6H,3-5,7H2,1-2H3. The van der Waals surface area contributed by atoms with Crippen LogP contribution in [0.5, 0.6) is 0 Å². The minimum absolute atomic E-state index is 0.00287. The average molecular weight is 181 g/mol. The van der Waals surface area contributed by atoms with Crippen LogP contribution in [0.15, 0.2) is 11.6 Å². The third-order valence-corrected chi connectivity index (χ3v) is 2.30. The van der Waals surface area contributed by atoms with Gasteiger partial charge in [-0.1, -0.05) is 6.08 Å². The maximum atomic E-state index is 11.7. The van der Waals surface area contributed by atoms with Gasteiger partial charge in [0, 0.05) is 19.5 Å². The second kappa shape index (κ2) is 4.21. The smallest absolute Gasteiger partial charge is 0.257 e. The number of hydrogen-bond acceptors (Lipinski definition) is 2. The fraction of sp³-hybridized carbons (Fsp3) is 0.600. The Balaban J connectivity index is 2.71. The van der Waals surface area contributed by atoms with Gasteiger partial charge in [-0.2, -0.15) is 0 Å². The van der Waals surface area contributed by atoms with Gasteiger partial charge in [-0.15, -0.1) is 0 Å². The average Bonchev–Trinajstić information content (AvgIpc) is 2.53. The molecule has 0 aromatic heterocycles. The Morgan fingerprint density at radius 3 is 2.46 bits per heavy atom. The molecule has 0 bridgehead atoms. The fourth-order valence-corrected chi connectivity index (χ4v) is 1.48. The molecule has 0 aromatic carbocycles. The highest BCUT2D eigenvalue weighted by Crippen LogP contribution is 2.15. The molecule has 1 rings (SSSR count). The van der Waals surface area contributed by atoms with Crippen molar-refractivity contribution in [1.29, 1.82) is 0 Å². The summed E-state index contributed by atoms with van der Waals surface area (Å²) in [7, 11) is 0. The van der Waals surface area contributed by atoms with E-state index in [-0.39, 0.29) is 11.7 Å². The molecule has 0 N–H and O–H groups in total. The zero-order valence-corrected chi connectivity index (χ0v) is 8.17. The Morgan fingerprint density at radius 1 is 1.46 bits per heavy atom. The first kappa shape index (κ1) is 9.96. The van der Waals surface area contributed by atoms with Crippen LogP contribution < -0.4 is 0 Å². The summed E-state index contributed by atoms with van der Waals surface area (Å²) >= 11 is 0. The number of hydrogen-bond donors (Lipinski definition) is 0. The molecule has 0 saturated carbocycles. The molecule has 0 radical (unpaired) electrons. The number of ketones is 1. The van der Waals surface area contributed by atoms with Gasteiger partial charge in [-0.05, 0) is 20.3 Å². The highest BCUT2D eigenvalue weighted by molar-refractivity contribution is 6.20. The van der Waals surface area contributed by atoms with E-state index >= 15 is 0 Å². The minimum atomic E-state index is -0.104. The van der Waals surface area contributed by atoms with Crippen LogP contribution in [-0.4, -0.2) is 29.7 Å². The van der Waals surface area contributed by atoms with Gasteiger partial charge in [0.05, 0.1) is 5.57 Å². The lowest BCUT2D eigenvalue weighted by Gasteiger charge is -2.18. The van der Waals surface area contributed by atoms with Crippen LogP contribution in [0.3, 0.4) is 0 Å². The quantitative estimate of drug-likeness (QED) is 0.612. The number of rotatable bonds is 3. The Morgan fingerprint density at radius 2 is 2.08 bits per heavy atom. The van der Waals surface area contributed by atoms with Gasteiger partial charge in [0.15, 0.2) is 5.78 Å². The lowest BCUT2D eigenvalue weighted by molar-refractivity contribution is -0.129. The molecule has 0 aliphatic heterocycles. The van der Waals surface area contributed by atoms with Gasteiger partial charge < -0.3 is 4.90 Å². The third-order valence-electron chi connectivity index (χ3n) is 2.30. The second-order valence-electron chi connectivity index (χ2n) is 3.06. The summed E-state index contributed by atoms with van der Waals surface area (Å²) in [6.45, 7) is 5.17. The van der Waals surface area contributed by atoms with E-state index in [0.717, 1.165) is 6.42 Å². The molecule has 0 spiro atoms. The van der Waals surface area contributed by atoms with Crippen LogP contribution in [0.1, 0.15) is 26.7 Å². The molecule has 1 aliphatic rings. The molecule has 0 unspecified atom stereocenters. The summed E-state index contributed by atoms with van der Waals surface area (Å²) in [5.41, 5.74) is 0.392. The predicted molar refractivity (Wildman–Crippen MR) is 50.3 cm³/mol. The Bertz CT molecular complexity index is 252. The number of allylic oxidation sites excluding steroid dienone is 1. The first-order chi connectivity index (χ1) is 6.20. The van der Waals surface area contributed by atoms with E-state index in [1.165, 1.54) is 0 Å². The van der Waals surface area contributed by atoms with Crippen LogP contribution in [0.25, 0.3) is 0 Å². The van der Waals surface area contributed by atoms with Crippen molar-refractivity contribution >= 4 is 11.7 Å². The van der Waals surface area contributed by atoms with Crippen molar-refractivity contribution < 1.29 is 9.59 Å². The van der Waals surface area contributed by atoms with Gasteiger partial charge in [-0.25, -0.2) is 0 Å². The van der Waals surface area contributed by atoms with Crippen molar-refractivity contribution in [2.24, 2.45) is 0 Å². The Kier molecular flexibility index (Phi) is 3.23. The van der Waals surface area contributed by atoms with E-state index in [9.17, 15) is 9.59 Å². The molecule has 0 fully saturated rings. The molecule has 0 saturated heterocycles. The van der Waals surface area contributed by atoms with E-state index in [2.05, 4.69) is 0 Å². The largest absolute Gasteiger partial charge is 0.339 e. The van der Waals surface area contributed by atoms with Gasteiger partial charge in [0.25, 0.3) is 5.91 Å². The molecule has 0 aromatic rings. The summed E-state index contributed by atoms with van der Waals surface area (Å²) in [6.07, 6.45) is 2.98. The van der Waals surface area contributed by atoms with E-state index in [0.29, 0.717) is 25.1 Å². The molecule has 13 heavy (non-hydrogen) atoms. The molecule has 1 amide bonds. The normalized spacial score (nSPS) is 15.8. The van der Waals surface area contributed by atoms with Crippen molar-refractivity contribution in [1.82, 2.24) is 4.90 Å². The molecule has 3 heteroatoms. The van der Waals surface area contributed by atoms with E-state index < -0.39 is 0 Å². The molecule has 0 heterocycles. The monoisotopic (exact) mass is 181 g/mol. The molecule has 1 aliphatic carbocycles. The van der Waals surface area contributed by atoms with Crippen LogP contribution in [0.4, 0.5) is 0 Å². The molecule has 3 nitrogen and oxygen atoms in total. The van der Waals surface area contributed by atoms with Crippen molar-refractivity contribution in [2.45, 2.75) is 26.7 Å². The van der Waals surface area contributed by atoms with Gasteiger partial charge in [0.1, 0.15) is 0 Å². The van der Waals surface area contributed by atoms with Crippen LogP contribution in [0.2, 0.25) is 0 Å². The molecular formula is C10H15NO2. The first-order valence-electron chi connectivity index (χ1n) is 4.73. The lowest BCUT2D eigenvalue weighted by atomic mass is 10.2. The predicted octanol–water partition coefficient (Wildman–Crippen LogP) is 1.14. The third kappa shape index (κ3) is 1.97. The summed E-state index contributed by atoms with van der Waals surface area (Å²) in [4.78, 5) is 24.6. The Hall–Kier alpha value is -1.12. The molecule has 72 valence electrons. The number of nitrogens with zero attached hydrogens (tertiary/aromatic N) is 1. The number of carbonyl (C=O) groups is 2. The van der Waals surface area contributed by atoms with Crippen molar-refractivity contribution in [3.8, 4) is 0 Å². The van der Waals surface area contributed by atoms with Gasteiger partial charge in [-0.3, -0.25) is 9.59 Å². The second-order valence-corrected chi connectivity index (χ2v) is 3.06. The zero-order chi connectivity index (χ0) is 9.84. The molecular weight excluding hydrogens is 166 g/mol. The van der Waals surface area contributed by atoms with Crippen LogP contribution >= 0.6 is 0 Å². The van der Waals surface area contributed by atoms with E-state index in [1.54, 1.807) is 11.0 Å². The maximum Gasteiger partial charge on any atom is 0.257 e. The van der Waals surface area contributed by atoms with Gasteiger partial charge in [0.2, 0.25) is 0 Å². The zero-order valence-electron chi connectivity index (χ0n) is 8.17. The molecule has 0 atom stereocenters. The lowest BCUT2D eigenvalue weighted by Crippen LogP contribution is -2.33. The highest BCUT2D eigenvalue weighted by atomic mass is 16.2. The minimum Gasteiger partial charge on any atom is -0.339 e. The summed E-state index contributed by atoms with van der Waals surface area (Å²) < 4.78 is 0.